The number of fused-ring (bicyclic) bond motifs is 1. The number of hydrazone groups is 1. The Morgan fingerprint density at radius 3 is 2.87 bits per heavy atom. The van der Waals surface area contributed by atoms with Crippen molar-refractivity contribution in [2.24, 2.45) is 11.0 Å². The maximum Gasteiger partial charge on any atom is 0.256 e. The fraction of sp³-hybridized carbons (Fsp3) is 0.391. The fourth-order valence-electron chi connectivity index (χ4n) is 4.46. The number of carbonyl (C=O) groups is 1. The molecule has 162 valence electrons. The lowest BCUT2D eigenvalue weighted by Crippen LogP contribution is -2.65. The summed E-state index contributed by atoms with van der Waals surface area (Å²) in [4.78, 5) is 22.4. The van der Waals surface area contributed by atoms with Gasteiger partial charge in [0.2, 0.25) is 0 Å². The van der Waals surface area contributed by atoms with Crippen LogP contribution in [0.3, 0.4) is 0 Å². The molecule has 31 heavy (non-hydrogen) atoms. The smallest absolute Gasteiger partial charge is 0.256 e. The zero-order valence-corrected chi connectivity index (χ0v) is 18.1. The highest BCUT2D eigenvalue weighted by Gasteiger charge is 2.44. The number of piperidine rings is 1. The molecular formula is C23H28N6O2. The van der Waals surface area contributed by atoms with E-state index in [0.717, 1.165) is 37.2 Å². The Kier molecular flexibility index (Phi) is 5.88. The van der Waals surface area contributed by atoms with Gasteiger partial charge in [0.05, 0.1) is 30.6 Å². The van der Waals surface area contributed by atoms with Crippen molar-refractivity contribution in [1.29, 1.82) is 5.41 Å². The lowest BCUT2D eigenvalue weighted by molar-refractivity contribution is 0.0592. The number of benzene rings is 1. The number of likely N-dealkylation sites (tertiary alicyclic amines) is 1. The zero-order chi connectivity index (χ0) is 22.0. The molecule has 3 heterocycles. The third kappa shape index (κ3) is 4.23. The van der Waals surface area contributed by atoms with Gasteiger partial charge < -0.3 is 19.9 Å². The summed E-state index contributed by atoms with van der Waals surface area (Å²) < 4.78 is 5.29. The van der Waals surface area contributed by atoms with E-state index in [0.29, 0.717) is 29.5 Å². The molecule has 2 aliphatic rings. The second-order valence-corrected chi connectivity index (χ2v) is 8.13. The number of hydrogen-bond acceptors (Lipinski definition) is 7. The van der Waals surface area contributed by atoms with Crippen molar-refractivity contribution in [3.05, 3.63) is 47.2 Å². The molecule has 2 unspecified atom stereocenters. The number of pyridine rings is 1. The molecule has 1 aromatic heterocycles. The Labute approximate surface area is 182 Å². The highest BCUT2D eigenvalue weighted by atomic mass is 16.5. The molecule has 2 N–H and O–H groups in total. The summed E-state index contributed by atoms with van der Waals surface area (Å²) in [6.07, 6.45) is 3.39. The van der Waals surface area contributed by atoms with Crippen LogP contribution in [0.5, 0.6) is 5.75 Å². The first-order valence-electron chi connectivity index (χ1n) is 10.5. The van der Waals surface area contributed by atoms with Crippen molar-refractivity contribution in [3.8, 4) is 5.75 Å². The van der Waals surface area contributed by atoms with Gasteiger partial charge in [-0.25, -0.2) is 4.98 Å². The highest BCUT2D eigenvalue weighted by molar-refractivity contribution is 6.14. The maximum atomic E-state index is 13.4. The van der Waals surface area contributed by atoms with Gasteiger partial charge in [-0.05, 0) is 50.1 Å². The van der Waals surface area contributed by atoms with Crippen LogP contribution < -0.4 is 15.1 Å². The summed E-state index contributed by atoms with van der Waals surface area (Å²) >= 11 is 0. The van der Waals surface area contributed by atoms with Crippen LogP contribution in [0.15, 0.2) is 35.4 Å². The molecule has 0 aliphatic carbocycles. The van der Waals surface area contributed by atoms with Crippen molar-refractivity contribution in [3.63, 3.8) is 0 Å². The Bertz CT molecular complexity index is 1000. The molecule has 0 radical (unpaired) electrons. The first-order chi connectivity index (χ1) is 15.0. The van der Waals surface area contributed by atoms with Crippen molar-refractivity contribution in [2.75, 3.05) is 37.1 Å². The van der Waals surface area contributed by atoms with Crippen LogP contribution in [0.2, 0.25) is 0 Å². The first-order valence-corrected chi connectivity index (χ1v) is 10.5. The summed E-state index contributed by atoms with van der Waals surface area (Å²) in [6, 6.07) is 9.78. The topological polar surface area (TPSA) is 93.9 Å². The van der Waals surface area contributed by atoms with E-state index in [-0.39, 0.29) is 11.9 Å². The molecule has 4 rings (SSSR count). The minimum absolute atomic E-state index is 0.0334. The van der Waals surface area contributed by atoms with Crippen LogP contribution in [-0.4, -0.2) is 61.0 Å². The number of ether oxygens (including phenoxy) is 1. The van der Waals surface area contributed by atoms with Crippen molar-refractivity contribution in [2.45, 2.75) is 26.3 Å². The van der Waals surface area contributed by atoms with E-state index in [1.165, 1.54) is 11.8 Å². The Morgan fingerprint density at radius 2 is 2.13 bits per heavy atom. The monoisotopic (exact) mass is 420 g/mol. The van der Waals surface area contributed by atoms with Gasteiger partial charge in [0.1, 0.15) is 11.6 Å². The molecule has 2 aromatic rings. The van der Waals surface area contributed by atoms with E-state index in [9.17, 15) is 4.79 Å². The number of hydrogen-bond donors (Lipinski definition) is 2. The van der Waals surface area contributed by atoms with Gasteiger partial charge >= 0.3 is 0 Å². The lowest BCUT2D eigenvalue weighted by Gasteiger charge is -2.54. The number of carbonyl (C=O) groups excluding carboxylic acids is 1. The van der Waals surface area contributed by atoms with Gasteiger partial charge in [-0.2, -0.15) is 5.10 Å². The Balaban J connectivity index is 1.53. The molecule has 0 spiro atoms. The average molecular weight is 421 g/mol. The first kappa shape index (κ1) is 20.8. The predicted octanol–water partition coefficient (Wildman–Crippen LogP) is 3.11. The van der Waals surface area contributed by atoms with Crippen LogP contribution in [0.4, 0.5) is 11.5 Å². The van der Waals surface area contributed by atoms with Gasteiger partial charge in [0, 0.05) is 43.5 Å². The van der Waals surface area contributed by atoms with Crippen LogP contribution >= 0.6 is 0 Å². The number of aromatic nitrogens is 1. The fourth-order valence-corrected chi connectivity index (χ4v) is 4.46. The molecule has 1 amide bonds. The number of nitrogens with one attached hydrogen (secondary N) is 2. The molecule has 0 saturated carbocycles. The molecule has 0 bridgehead atoms. The summed E-state index contributed by atoms with van der Waals surface area (Å²) in [5, 5.41) is 11.1. The molecule has 2 fully saturated rings. The second kappa shape index (κ2) is 8.75. The molecule has 8 heteroatoms. The van der Waals surface area contributed by atoms with E-state index in [1.54, 1.807) is 25.3 Å². The molecular weight excluding hydrogens is 392 g/mol. The minimum Gasteiger partial charge on any atom is -0.497 e. The zero-order valence-electron chi connectivity index (χ0n) is 18.1. The van der Waals surface area contributed by atoms with E-state index in [1.807, 2.05) is 11.8 Å². The number of aryl methyl sites for hydroxylation is 2. The van der Waals surface area contributed by atoms with Crippen LogP contribution in [0.1, 0.15) is 28.0 Å². The van der Waals surface area contributed by atoms with E-state index in [2.05, 4.69) is 34.5 Å². The number of amides is 1. The average Bonchev–Trinajstić information content (AvgIpc) is 2.73. The summed E-state index contributed by atoms with van der Waals surface area (Å²) in [6.45, 7) is 6.52. The summed E-state index contributed by atoms with van der Waals surface area (Å²) in [5.74, 6) is 2.20. The normalized spacial score (nSPS) is 20.2. The summed E-state index contributed by atoms with van der Waals surface area (Å²) in [7, 11) is 1.58. The van der Waals surface area contributed by atoms with Gasteiger partial charge in [0.25, 0.3) is 5.91 Å². The minimum atomic E-state index is -0.0334. The quantitative estimate of drug-likeness (QED) is 0.553. The predicted molar refractivity (Wildman–Crippen MR) is 123 cm³/mol. The molecule has 2 atom stereocenters. The Hall–Kier alpha value is -3.42. The third-order valence-electron chi connectivity index (χ3n) is 6.01. The maximum absolute atomic E-state index is 13.4. The number of methoxy groups -OCH3 is 1. The second-order valence-electron chi connectivity index (χ2n) is 8.13. The summed E-state index contributed by atoms with van der Waals surface area (Å²) in [5.41, 5.74) is 6.18. The van der Waals surface area contributed by atoms with Crippen molar-refractivity contribution >= 4 is 29.8 Å². The van der Waals surface area contributed by atoms with Gasteiger partial charge in [-0.1, -0.05) is 0 Å². The third-order valence-corrected chi connectivity index (χ3v) is 6.01. The lowest BCUT2D eigenvalue weighted by atomic mass is 9.82. The largest absolute Gasteiger partial charge is 0.497 e. The Morgan fingerprint density at radius 1 is 1.29 bits per heavy atom. The molecule has 1 aromatic carbocycles. The standard InChI is InChI=1S/C23H28N6O2/c1-15-10-16(2)26-22(11-15)29-13-17-6-9-28(14-21(17)29)23(30)19-5-4-18(31-3)12-20(19)27-25-8-7-24/h4-5,7-8,10-12,17,21,24,27H,6,9,13-14H2,1-3H3/b24-7?,25-8-. The van der Waals surface area contributed by atoms with Crippen LogP contribution in [-0.2, 0) is 0 Å². The number of anilines is 2. The highest BCUT2D eigenvalue weighted by Crippen LogP contribution is 2.37. The van der Waals surface area contributed by atoms with Crippen molar-refractivity contribution in [1.82, 2.24) is 9.88 Å². The molecule has 2 aliphatic heterocycles. The van der Waals surface area contributed by atoms with Crippen LogP contribution in [0, 0.1) is 25.2 Å². The number of nitrogens with zero attached hydrogens (tertiary/aromatic N) is 4. The SMILES string of the molecule is COc1ccc(C(=O)N2CCC3CN(c4cc(C)cc(C)n4)C3C2)c(N/N=C\C=N)c1. The van der Waals surface area contributed by atoms with E-state index >= 15 is 0 Å². The molecule has 2 saturated heterocycles. The van der Waals surface area contributed by atoms with E-state index < -0.39 is 0 Å². The van der Waals surface area contributed by atoms with Gasteiger partial charge in [-0.3, -0.25) is 10.2 Å². The van der Waals surface area contributed by atoms with E-state index in [4.69, 9.17) is 15.1 Å². The number of rotatable bonds is 6. The molecule has 8 nitrogen and oxygen atoms in total. The van der Waals surface area contributed by atoms with Gasteiger partial charge in [0.15, 0.2) is 0 Å². The van der Waals surface area contributed by atoms with Gasteiger partial charge in [-0.15, -0.1) is 0 Å². The van der Waals surface area contributed by atoms with Crippen molar-refractivity contribution < 1.29 is 9.53 Å². The van der Waals surface area contributed by atoms with Crippen LogP contribution in [0.25, 0.3) is 0 Å².